The van der Waals surface area contributed by atoms with Crippen LogP contribution in [0.15, 0.2) is 48.5 Å². The second kappa shape index (κ2) is 6.83. The summed E-state index contributed by atoms with van der Waals surface area (Å²) in [6.07, 6.45) is 8.05. The van der Waals surface area contributed by atoms with Crippen LogP contribution < -0.4 is 9.80 Å². The first-order valence-corrected chi connectivity index (χ1v) is 10.4. The fourth-order valence-corrected chi connectivity index (χ4v) is 4.82. The average Bonchev–Trinajstić information content (AvgIpc) is 2.73. The molecule has 0 bridgehead atoms. The van der Waals surface area contributed by atoms with Crippen molar-refractivity contribution in [1.82, 2.24) is 0 Å². The number of nitrogens with zero attached hydrogens (tertiary/aromatic N) is 2. The molecule has 26 heavy (non-hydrogen) atoms. The van der Waals surface area contributed by atoms with Gasteiger partial charge in [0.1, 0.15) is 0 Å². The van der Waals surface area contributed by atoms with Crippen LogP contribution in [0.25, 0.3) is 21.5 Å². The molecule has 0 aromatic heterocycles. The molecule has 2 fully saturated rings. The zero-order valence-electron chi connectivity index (χ0n) is 15.6. The van der Waals surface area contributed by atoms with Crippen LogP contribution in [0.3, 0.4) is 0 Å². The van der Waals surface area contributed by atoms with Gasteiger partial charge in [-0.25, -0.2) is 0 Å². The first kappa shape index (κ1) is 16.0. The molecule has 5 rings (SSSR count). The Morgan fingerprint density at radius 2 is 0.923 bits per heavy atom. The van der Waals surface area contributed by atoms with Crippen LogP contribution in [0.1, 0.15) is 38.5 Å². The minimum Gasteiger partial charge on any atom is -0.371 e. The Morgan fingerprint density at radius 3 is 1.35 bits per heavy atom. The Bertz CT molecular complexity index is 842. The average molecular weight is 345 g/mol. The standard InChI is InChI=1S/C24H28N2/c1-5-13-25(14-6-1)23-11-12-24(26-15-7-2-8-16-26)22-18-20-10-4-3-9-19(20)17-21(22)23/h3-4,9-12,17-18H,1-2,5-8,13-16H2. The molecular formula is C24H28N2. The monoisotopic (exact) mass is 344 g/mol. The molecule has 0 radical (unpaired) electrons. The number of piperidine rings is 2. The molecule has 0 amide bonds. The van der Waals surface area contributed by atoms with Crippen molar-refractivity contribution in [3.63, 3.8) is 0 Å². The Labute approximate surface area is 156 Å². The van der Waals surface area contributed by atoms with Gasteiger partial charge in [-0.3, -0.25) is 0 Å². The van der Waals surface area contributed by atoms with Gasteiger partial charge >= 0.3 is 0 Å². The lowest BCUT2D eigenvalue weighted by molar-refractivity contribution is 0.577. The highest BCUT2D eigenvalue weighted by Crippen LogP contribution is 2.38. The molecule has 2 heteroatoms. The maximum absolute atomic E-state index is 2.61. The molecule has 3 aromatic carbocycles. The predicted octanol–water partition coefficient (Wildman–Crippen LogP) is 5.97. The van der Waals surface area contributed by atoms with E-state index in [0.29, 0.717) is 0 Å². The minimum absolute atomic E-state index is 1.20. The number of hydrogen-bond acceptors (Lipinski definition) is 2. The van der Waals surface area contributed by atoms with Crippen molar-refractivity contribution in [3.8, 4) is 0 Å². The second-order valence-corrected chi connectivity index (χ2v) is 7.94. The van der Waals surface area contributed by atoms with E-state index in [0.717, 1.165) is 0 Å². The fourth-order valence-electron chi connectivity index (χ4n) is 4.82. The number of anilines is 2. The van der Waals surface area contributed by atoms with Crippen molar-refractivity contribution in [1.29, 1.82) is 0 Å². The van der Waals surface area contributed by atoms with Crippen molar-refractivity contribution in [3.05, 3.63) is 48.5 Å². The van der Waals surface area contributed by atoms with Crippen molar-refractivity contribution < 1.29 is 0 Å². The van der Waals surface area contributed by atoms with Crippen LogP contribution in [-0.4, -0.2) is 26.2 Å². The van der Waals surface area contributed by atoms with Crippen LogP contribution in [0.4, 0.5) is 11.4 Å². The van der Waals surface area contributed by atoms with Gasteiger partial charge in [-0.1, -0.05) is 24.3 Å². The molecule has 0 spiro atoms. The van der Waals surface area contributed by atoms with Crippen molar-refractivity contribution in [2.75, 3.05) is 36.0 Å². The summed E-state index contributed by atoms with van der Waals surface area (Å²) in [6, 6.07) is 18.5. The van der Waals surface area contributed by atoms with E-state index in [2.05, 4.69) is 58.3 Å². The van der Waals surface area contributed by atoms with Crippen LogP contribution in [0.2, 0.25) is 0 Å². The summed E-state index contributed by atoms with van der Waals surface area (Å²) in [6.45, 7) is 4.80. The summed E-state index contributed by atoms with van der Waals surface area (Å²) in [5, 5.41) is 5.59. The number of fused-ring (bicyclic) bond motifs is 2. The third-order valence-corrected chi connectivity index (χ3v) is 6.23. The van der Waals surface area contributed by atoms with Crippen molar-refractivity contribution in [2.45, 2.75) is 38.5 Å². The van der Waals surface area contributed by atoms with Gasteiger partial charge in [-0.15, -0.1) is 0 Å². The highest BCUT2D eigenvalue weighted by Gasteiger charge is 2.19. The van der Waals surface area contributed by atoms with Gasteiger partial charge in [-0.05, 0) is 73.6 Å². The van der Waals surface area contributed by atoms with Gasteiger partial charge in [-0.2, -0.15) is 0 Å². The van der Waals surface area contributed by atoms with Gasteiger partial charge < -0.3 is 9.80 Å². The molecule has 2 saturated heterocycles. The maximum atomic E-state index is 2.61. The summed E-state index contributed by atoms with van der Waals surface area (Å²) in [5.74, 6) is 0. The lowest BCUT2D eigenvalue weighted by Gasteiger charge is -2.33. The summed E-state index contributed by atoms with van der Waals surface area (Å²) >= 11 is 0. The first-order chi connectivity index (χ1) is 12.9. The Morgan fingerprint density at radius 1 is 0.500 bits per heavy atom. The number of benzene rings is 3. The van der Waals surface area contributed by atoms with E-state index in [4.69, 9.17) is 0 Å². The molecule has 2 heterocycles. The lowest BCUT2D eigenvalue weighted by Crippen LogP contribution is -2.31. The second-order valence-electron chi connectivity index (χ2n) is 7.94. The van der Waals surface area contributed by atoms with E-state index in [9.17, 15) is 0 Å². The first-order valence-electron chi connectivity index (χ1n) is 10.4. The minimum atomic E-state index is 1.20. The summed E-state index contributed by atoms with van der Waals surface area (Å²) in [5.41, 5.74) is 2.87. The van der Waals surface area contributed by atoms with Crippen molar-refractivity contribution >= 4 is 32.9 Å². The summed E-state index contributed by atoms with van der Waals surface area (Å²) < 4.78 is 0. The van der Waals surface area contributed by atoms with Gasteiger partial charge in [0.2, 0.25) is 0 Å². The van der Waals surface area contributed by atoms with E-state index in [1.165, 1.54) is 97.6 Å². The topological polar surface area (TPSA) is 6.48 Å². The highest BCUT2D eigenvalue weighted by molar-refractivity contribution is 6.09. The van der Waals surface area contributed by atoms with Gasteiger partial charge in [0, 0.05) is 48.3 Å². The van der Waals surface area contributed by atoms with Crippen LogP contribution in [0.5, 0.6) is 0 Å². The molecular weight excluding hydrogens is 316 g/mol. The van der Waals surface area contributed by atoms with E-state index in [1.807, 2.05) is 0 Å². The maximum Gasteiger partial charge on any atom is 0.0447 e. The lowest BCUT2D eigenvalue weighted by atomic mass is 9.98. The van der Waals surface area contributed by atoms with Crippen molar-refractivity contribution in [2.24, 2.45) is 0 Å². The third-order valence-electron chi connectivity index (χ3n) is 6.23. The largest absolute Gasteiger partial charge is 0.371 e. The molecule has 0 N–H and O–H groups in total. The van der Waals surface area contributed by atoms with Gasteiger partial charge in [0.05, 0.1) is 0 Å². The summed E-state index contributed by atoms with van der Waals surface area (Å²) in [4.78, 5) is 5.22. The number of hydrogen-bond donors (Lipinski definition) is 0. The molecule has 134 valence electrons. The zero-order chi connectivity index (χ0) is 17.3. The molecule has 3 aromatic rings. The Hall–Kier alpha value is -2.22. The van der Waals surface area contributed by atoms with Crippen LogP contribution in [0, 0.1) is 0 Å². The quantitative estimate of drug-likeness (QED) is 0.528. The molecule has 2 nitrogen and oxygen atoms in total. The van der Waals surface area contributed by atoms with Crippen LogP contribution in [-0.2, 0) is 0 Å². The fraction of sp³-hybridized carbons (Fsp3) is 0.417. The van der Waals surface area contributed by atoms with Gasteiger partial charge in [0.25, 0.3) is 0 Å². The van der Waals surface area contributed by atoms with Gasteiger partial charge in [0.15, 0.2) is 0 Å². The van der Waals surface area contributed by atoms with Crippen LogP contribution >= 0.6 is 0 Å². The molecule has 0 aliphatic carbocycles. The van der Waals surface area contributed by atoms with E-state index in [1.54, 1.807) is 0 Å². The molecule has 2 aliphatic rings. The highest BCUT2D eigenvalue weighted by atomic mass is 15.1. The Kier molecular flexibility index (Phi) is 4.20. The SMILES string of the molecule is c1ccc2cc3c(N4CCCCC4)ccc(N4CCCCC4)c3cc2c1. The predicted molar refractivity (Wildman–Crippen MR) is 114 cm³/mol. The molecule has 0 saturated carbocycles. The van der Waals surface area contributed by atoms with E-state index < -0.39 is 0 Å². The zero-order valence-corrected chi connectivity index (χ0v) is 15.6. The summed E-state index contributed by atoms with van der Waals surface area (Å²) in [7, 11) is 0. The van der Waals surface area contributed by atoms with E-state index in [-0.39, 0.29) is 0 Å². The normalized spacial score (nSPS) is 18.6. The smallest absolute Gasteiger partial charge is 0.0447 e. The Balaban J connectivity index is 1.71. The molecule has 0 atom stereocenters. The molecule has 2 aliphatic heterocycles. The third kappa shape index (κ3) is 2.82. The number of rotatable bonds is 2. The van der Waals surface area contributed by atoms with E-state index >= 15 is 0 Å². The molecule has 0 unspecified atom stereocenters.